The fourth-order valence-electron chi connectivity index (χ4n) is 4.03. The number of guanidine groups is 1. The molecule has 1 aromatic rings. The third-order valence-electron chi connectivity index (χ3n) is 6.18. The molecule has 0 bridgehead atoms. The summed E-state index contributed by atoms with van der Waals surface area (Å²) in [5, 5.41) is 9.94. The number of nitrogens with one attached hydrogen (secondary N) is 3. The Balaban J connectivity index is 1.46. The molecule has 10 heteroatoms. The van der Waals surface area contributed by atoms with Crippen molar-refractivity contribution < 1.29 is 13.2 Å². The highest BCUT2D eigenvalue weighted by Gasteiger charge is 2.34. The lowest BCUT2D eigenvalue weighted by atomic mass is 10.1. The number of allylic oxidation sites excluding steroid dienone is 1. The van der Waals surface area contributed by atoms with Crippen LogP contribution in [0.25, 0.3) is 6.08 Å². The van der Waals surface area contributed by atoms with Crippen LogP contribution < -0.4 is 16.0 Å². The van der Waals surface area contributed by atoms with E-state index in [-0.39, 0.29) is 6.29 Å². The molecular weight excluding hydrogens is 443 g/mol. The van der Waals surface area contributed by atoms with E-state index in [1.54, 1.807) is 18.2 Å². The number of hydrogen-bond acceptors (Lipinski definition) is 5. The van der Waals surface area contributed by atoms with Gasteiger partial charge in [-0.15, -0.1) is 0 Å². The van der Waals surface area contributed by atoms with Crippen molar-refractivity contribution in [3.63, 3.8) is 0 Å². The summed E-state index contributed by atoms with van der Waals surface area (Å²) in [5.41, 5.74) is -0.215. The summed E-state index contributed by atoms with van der Waals surface area (Å²) < 4.78 is 39.1. The van der Waals surface area contributed by atoms with Gasteiger partial charge in [-0.1, -0.05) is 30.4 Å². The molecule has 0 radical (unpaired) electrons. The maximum absolute atomic E-state index is 13.0. The van der Waals surface area contributed by atoms with Crippen LogP contribution in [0, 0.1) is 5.92 Å². The van der Waals surface area contributed by atoms with Crippen molar-refractivity contribution in [2.45, 2.75) is 31.9 Å². The second-order valence-electron chi connectivity index (χ2n) is 8.85. The number of likely N-dealkylation sites (N-methyl/N-ethyl adjacent to an activating group) is 1. The minimum absolute atomic E-state index is 0.286. The zero-order valence-electron chi connectivity index (χ0n) is 19.5. The Morgan fingerprint density at radius 3 is 2.74 bits per heavy atom. The Bertz CT molecular complexity index is 962. The smallest absolute Gasteiger partial charge is 0.322 e. The average molecular weight is 476 g/mol. The summed E-state index contributed by atoms with van der Waals surface area (Å²) in [6, 6.07) is 5.70. The molecule has 7 nitrogen and oxygen atoms in total. The predicted octanol–water partition coefficient (Wildman–Crippen LogP) is 2.71. The normalized spacial score (nSPS) is 27.7. The van der Waals surface area contributed by atoms with Crippen LogP contribution in [0.1, 0.15) is 24.5 Å². The molecule has 2 fully saturated rings. The van der Waals surface area contributed by atoms with E-state index in [1.807, 2.05) is 6.92 Å². The molecule has 4 rings (SSSR count). The van der Waals surface area contributed by atoms with Crippen LogP contribution in [0.4, 0.5) is 13.2 Å². The molecule has 0 amide bonds. The molecule has 3 N–H and O–H groups in total. The molecule has 2 aliphatic heterocycles. The van der Waals surface area contributed by atoms with Crippen molar-refractivity contribution in [3.8, 4) is 0 Å². The van der Waals surface area contributed by atoms with Crippen LogP contribution >= 0.6 is 0 Å². The maximum atomic E-state index is 13.0. The van der Waals surface area contributed by atoms with E-state index >= 15 is 0 Å². The summed E-state index contributed by atoms with van der Waals surface area (Å²) >= 11 is 0. The first kappa shape index (κ1) is 24.4. The number of hydrogen-bond donors (Lipinski definition) is 3. The number of nitrogens with zero attached hydrogens (tertiary/aromatic N) is 4. The molecule has 0 aromatic heterocycles. The fourth-order valence-corrected chi connectivity index (χ4v) is 4.03. The van der Waals surface area contributed by atoms with Gasteiger partial charge >= 0.3 is 6.18 Å². The number of alkyl halides is 3. The molecule has 34 heavy (non-hydrogen) atoms. The standard InChI is InChI=1S/C24H32F3N7/c1-3-5-18-15-20(18)28-16-29-22-30-21(31-23(32-22)34-12-10-33(2)11-13-34)9-8-17-6-4-7-19(14-17)24(25,26)27/h3-9,14,18,20,23,28H,10-13,15-16H2,1-2H3,(H2,29,30,31,32)/b5-3?,9-8+. The summed E-state index contributed by atoms with van der Waals surface area (Å²) in [7, 11) is 2.09. The van der Waals surface area contributed by atoms with Crippen molar-refractivity contribution in [3.05, 3.63) is 53.6 Å². The molecule has 3 aliphatic rings. The first-order chi connectivity index (χ1) is 16.3. The molecule has 184 valence electrons. The summed E-state index contributed by atoms with van der Waals surface area (Å²) in [5.74, 6) is 1.72. The lowest BCUT2D eigenvalue weighted by Crippen LogP contribution is -2.60. The van der Waals surface area contributed by atoms with Crippen molar-refractivity contribution in [2.24, 2.45) is 15.9 Å². The zero-order chi connectivity index (χ0) is 24.1. The molecule has 1 saturated heterocycles. The largest absolute Gasteiger partial charge is 0.416 e. The molecule has 1 aliphatic carbocycles. The minimum atomic E-state index is -4.37. The van der Waals surface area contributed by atoms with Crippen LogP contribution in [0.5, 0.6) is 0 Å². The van der Waals surface area contributed by atoms with E-state index in [2.05, 4.69) is 49.9 Å². The number of benzene rings is 1. The van der Waals surface area contributed by atoms with Gasteiger partial charge < -0.3 is 15.5 Å². The van der Waals surface area contributed by atoms with Gasteiger partial charge in [0.1, 0.15) is 5.84 Å². The van der Waals surface area contributed by atoms with Crippen molar-refractivity contribution in [1.29, 1.82) is 0 Å². The number of aliphatic imine (C=N–C) groups is 2. The van der Waals surface area contributed by atoms with Gasteiger partial charge in [0.15, 0.2) is 6.29 Å². The first-order valence-electron chi connectivity index (χ1n) is 11.6. The average Bonchev–Trinajstić information content (AvgIpc) is 3.55. The van der Waals surface area contributed by atoms with Crippen LogP contribution in [0.2, 0.25) is 0 Å². The van der Waals surface area contributed by atoms with E-state index in [4.69, 9.17) is 4.99 Å². The Hall–Kier alpha value is -2.69. The van der Waals surface area contributed by atoms with Gasteiger partial charge in [0.2, 0.25) is 5.96 Å². The lowest BCUT2D eigenvalue weighted by Gasteiger charge is -2.38. The monoisotopic (exact) mass is 475 g/mol. The first-order valence-corrected chi connectivity index (χ1v) is 11.6. The highest BCUT2D eigenvalue weighted by molar-refractivity contribution is 6.08. The highest BCUT2D eigenvalue weighted by atomic mass is 19.4. The van der Waals surface area contributed by atoms with Gasteiger partial charge in [0.25, 0.3) is 0 Å². The van der Waals surface area contributed by atoms with E-state index in [1.165, 1.54) is 6.07 Å². The van der Waals surface area contributed by atoms with E-state index in [0.29, 0.717) is 36.0 Å². The van der Waals surface area contributed by atoms with E-state index < -0.39 is 11.7 Å². The molecular formula is C24H32F3N7. The van der Waals surface area contributed by atoms with Crippen LogP contribution in [0.3, 0.4) is 0 Å². The van der Waals surface area contributed by atoms with Crippen molar-refractivity contribution in [2.75, 3.05) is 39.9 Å². The quantitative estimate of drug-likeness (QED) is 0.530. The molecule has 3 atom stereocenters. The summed E-state index contributed by atoms with van der Waals surface area (Å²) in [6.45, 7) is 6.10. The van der Waals surface area contributed by atoms with Gasteiger partial charge in [-0.05, 0) is 50.1 Å². The maximum Gasteiger partial charge on any atom is 0.416 e. The van der Waals surface area contributed by atoms with Crippen LogP contribution in [-0.2, 0) is 6.18 Å². The Kier molecular flexibility index (Phi) is 7.70. The predicted molar refractivity (Wildman–Crippen MR) is 129 cm³/mol. The Morgan fingerprint density at radius 1 is 1.21 bits per heavy atom. The molecule has 2 heterocycles. The van der Waals surface area contributed by atoms with Gasteiger partial charge in [0.05, 0.1) is 12.2 Å². The zero-order valence-corrected chi connectivity index (χ0v) is 19.5. The topological polar surface area (TPSA) is 67.3 Å². The second-order valence-corrected chi connectivity index (χ2v) is 8.85. The van der Waals surface area contributed by atoms with E-state index in [0.717, 1.165) is 44.7 Å². The van der Waals surface area contributed by atoms with Crippen molar-refractivity contribution in [1.82, 2.24) is 25.8 Å². The molecule has 0 spiro atoms. The van der Waals surface area contributed by atoms with Crippen LogP contribution in [0.15, 0.2) is 52.5 Å². The number of piperazine rings is 1. The summed E-state index contributed by atoms with van der Waals surface area (Å²) in [6.07, 6.45) is 4.07. The lowest BCUT2D eigenvalue weighted by molar-refractivity contribution is -0.137. The van der Waals surface area contributed by atoms with Crippen molar-refractivity contribution >= 4 is 17.9 Å². The fraction of sp³-hybridized carbons (Fsp3) is 0.500. The van der Waals surface area contributed by atoms with Gasteiger partial charge in [-0.3, -0.25) is 10.2 Å². The highest BCUT2D eigenvalue weighted by Crippen LogP contribution is 2.31. The SMILES string of the molecule is CC=CC1CC1NCN=C1NC(/C=C/c2cccc(C(F)(F)F)c2)=NC(N2CCN(C)CC2)N1. The Labute approximate surface area is 198 Å². The summed E-state index contributed by atoms with van der Waals surface area (Å²) in [4.78, 5) is 13.9. The number of amidine groups is 1. The Morgan fingerprint density at radius 2 is 2.00 bits per heavy atom. The van der Waals surface area contributed by atoms with Gasteiger partial charge in [-0.25, -0.2) is 9.98 Å². The molecule has 1 saturated carbocycles. The van der Waals surface area contributed by atoms with Crippen LogP contribution in [-0.4, -0.2) is 73.8 Å². The number of rotatable bonds is 7. The molecule has 3 unspecified atom stereocenters. The number of halogens is 3. The minimum Gasteiger partial charge on any atom is -0.322 e. The molecule has 1 aromatic carbocycles. The third-order valence-corrected chi connectivity index (χ3v) is 6.18. The second kappa shape index (κ2) is 10.7. The van der Waals surface area contributed by atoms with Gasteiger partial charge in [-0.2, -0.15) is 13.2 Å². The van der Waals surface area contributed by atoms with E-state index in [9.17, 15) is 13.2 Å². The third kappa shape index (κ3) is 6.68. The van der Waals surface area contributed by atoms with Gasteiger partial charge in [0, 0.05) is 32.2 Å².